The summed E-state index contributed by atoms with van der Waals surface area (Å²) in [4.78, 5) is 26.8. The maximum atomic E-state index is 11.9. The molecule has 18 heavy (non-hydrogen) atoms. The number of hydrogen-bond acceptors (Lipinski definition) is 4. The minimum Gasteiger partial charge on any atom is -0.355 e. The number of rotatable bonds is 9. The van der Waals surface area contributed by atoms with Crippen LogP contribution < -0.4 is 11.1 Å². The van der Waals surface area contributed by atoms with Gasteiger partial charge in [0.05, 0.1) is 13.1 Å². The van der Waals surface area contributed by atoms with Crippen LogP contribution in [0.15, 0.2) is 0 Å². The lowest BCUT2D eigenvalue weighted by molar-refractivity contribution is -0.131. The van der Waals surface area contributed by atoms with Gasteiger partial charge in [0, 0.05) is 20.1 Å². The normalized spacial score (nSPS) is 10.5. The second-order valence-corrected chi connectivity index (χ2v) is 4.21. The fraction of sp³-hybridized carbons (Fsp3) is 0.833. The Morgan fingerprint density at radius 3 is 2.39 bits per heavy atom. The molecule has 0 rings (SSSR count). The van der Waals surface area contributed by atoms with E-state index in [-0.39, 0.29) is 24.9 Å². The summed E-state index contributed by atoms with van der Waals surface area (Å²) in [5, 5.41) is 2.73. The molecule has 0 saturated carbocycles. The molecule has 0 aromatic carbocycles. The zero-order valence-electron chi connectivity index (χ0n) is 11.7. The van der Waals surface area contributed by atoms with E-state index in [1.807, 2.05) is 18.7 Å². The summed E-state index contributed by atoms with van der Waals surface area (Å²) < 4.78 is 0. The Bertz CT molecular complexity index is 258. The van der Waals surface area contributed by atoms with Gasteiger partial charge in [0.25, 0.3) is 0 Å². The highest BCUT2D eigenvalue weighted by Gasteiger charge is 2.15. The smallest absolute Gasteiger partial charge is 0.236 e. The molecule has 0 radical (unpaired) electrons. The number of nitrogens with two attached hydrogens (primary N) is 1. The molecule has 0 aliphatic rings. The van der Waals surface area contributed by atoms with Crippen LogP contribution in [0.25, 0.3) is 0 Å². The van der Waals surface area contributed by atoms with Crippen molar-refractivity contribution < 1.29 is 9.59 Å². The summed E-state index contributed by atoms with van der Waals surface area (Å²) in [5.41, 5.74) is 5.40. The van der Waals surface area contributed by atoms with Gasteiger partial charge in [-0.15, -0.1) is 0 Å². The Balaban J connectivity index is 4.10. The van der Waals surface area contributed by atoms with Crippen molar-refractivity contribution >= 4 is 11.8 Å². The molecule has 0 unspecified atom stereocenters. The molecule has 3 N–H and O–H groups in total. The number of carbonyl (C=O) groups excluding carboxylic acids is 2. The summed E-state index contributed by atoms with van der Waals surface area (Å²) in [6, 6.07) is 0. The van der Waals surface area contributed by atoms with Crippen molar-refractivity contribution in [2.45, 2.75) is 20.3 Å². The Labute approximate surface area is 109 Å². The second kappa shape index (κ2) is 9.85. The molecule has 6 nitrogen and oxygen atoms in total. The Kier molecular flexibility index (Phi) is 9.22. The van der Waals surface area contributed by atoms with Crippen molar-refractivity contribution in [1.29, 1.82) is 0 Å². The van der Waals surface area contributed by atoms with E-state index < -0.39 is 0 Å². The van der Waals surface area contributed by atoms with Crippen molar-refractivity contribution in [2.75, 3.05) is 46.3 Å². The van der Waals surface area contributed by atoms with Gasteiger partial charge < -0.3 is 16.0 Å². The van der Waals surface area contributed by atoms with E-state index in [9.17, 15) is 9.59 Å². The molecule has 0 aliphatic carbocycles. The molecule has 6 heteroatoms. The highest BCUT2D eigenvalue weighted by atomic mass is 16.2. The molecule has 106 valence electrons. The van der Waals surface area contributed by atoms with Gasteiger partial charge >= 0.3 is 0 Å². The third-order valence-electron chi connectivity index (χ3n) is 2.67. The number of nitrogens with zero attached hydrogens (tertiary/aromatic N) is 2. The van der Waals surface area contributed by atoms with Crippen LogP contribution in [0.2, 0.25) is 0 Å². The summed E-state index contributed by atoms with van der Waals surface area (Å²) in [6.45, 7) is 6.87. The van der Waals surface area contributed by atoms with Crippen LogP contribution >= 0.6 is 0 Å². The Hall–Kier alpha value is -1.14. The summed E-state index contributed by atoms with van der Waals surface area (Å²) in [5.74, 6) is -0.0219. The molecule has 0 aromatic heterocycles. The van der Waals surface area contributed by atoms with Crippen molar-refractivity contribution in [2.24, 2.45) is 5.73 Å². The summed E-state index contributed by atoms with van der Waals surface area (Å²) >= 11 is 0. The molecule has 0 fully saturated rings. The molecule has 0 bridgehead atoms. The lowest BCUT2D eigenvalue weighted by Gasteiger charge is -2.23. The minimum absolute atomic E-state index is 0.0228. The fourth-order valence-electron chi connectivity index (χ4n) is 1.50. The monoisotopic (exact) mass is 258 g/mol. The standard InChI is InChI=1S/C12H26N4O2/c1-4-14-11(17)9-16(5-2)10-12(18)15(3)8-6-7-13/h4-10,13H2,1-3H3,(H,14,17). The second-order valence-electron chi connectivity index (χ2n) is 4.21. The van der Waals surface area contributed by atoms with E-state index in [0.717, 1.165) is 6.42 Å². The predicted octanol–water partition coefficient (Wildman–Crippen LogP) is -0.748. The largest absolute Gasteiger partial charge is 0.355 e. The SMILES string of the molecule is CCNC(=O)CN(CC)CC(=O)N(C)CCCN. The Morgan fingerprint density at radius 2 is 1.89 bits per heavy atom. The summed E-state index contributed by atoms with van der Waals surface area (Å²) in [6.07, 6.45) is 0.796. The van der Waals surface area contributed by atoms with E-state index in [1.54, 1.807) is 11.9 Å². The van der Waals surface area contributed by atoms with Crippen molar-refractivity contribution in [3.63, 3.8) is 0 Å². The molecular weight excluding hydrogens is 232 g/mol. The number of hydrogen-bond donors (Lipinski definition) is 2. The maximum absolute atomic E-state index is 11.9. The van der Waals surface area contributed by atoms with Crippen LogP contribution in [0, 0.1) is 0 Å². The van der Waals surface area contributed by atoms with Crippen LogP contribution in [0.3, 0.4) is 0 Å². The van der Waals surface area contributed by atoms with Crippen LogP contribution in [0.4, 0.5) is 0 Å². The van der Waals surface area contributed by atoms with Gasteiger partial charge in [0.15, 0.2) is 0 Å². The third kappa shape index (κ3) is 7.24. The fourth-order valence-corrected chi connectivity index (χ4v) is 1.50. The molecule has 0 saturated heterocycles. The van der Waals surface area contributed by atoms with Crippen LogP contribution in [0.5, 0.6) is 0 Å². The molecule has 0 aliphatic heterocycles. The number of carbonyl (C=O) groups is 2. The van der Waals surface area contributed by atoms with Crippen LogP contribution in [0.1, 0.15) is 20.3 Å². The first-order valence-electron chi connectivity index (χ1n) is 6.48. The maximum Gasteiger partial charge on any atom is 0.236 e. The molecule has 0 atom stereocenters. The average molecular weight is 258 g/mol. The van der Waals surface area contributed by atoms with Crippen LogP contribution in [-0.4, -0.2) is 67.9 Å². The van der Waals surface area contributed by atoms with Gasteiger partial charge in [0.2, 0.25) is 11.8 Å². The van der Waals surface area contributed by atoms with E-state index in [4.69, 9.17) is 5.73 Å². The quantitative estimate of drug-likeness (QED) is 0.570. The van der Waals surface area contributed by atoms with E-state index in [1.165, 1.54) is 0 Å². The van der Waals surface area contributed by atoms with Gasteiger partial charge in [-0.2, -0.15) is 0 Å². The van der Waals surface area contributed by atoms with Crippen molar-refractivity contribution in [3.8, 4) is 0 Å². The zero-order valence-corrected chi connectivity index (χ0v) is 11.7. The molecule has 0 spiro atoms. The molecule has 0 aromatic rings. The van der Waals surface area contributed by atoms with Crippen molar-refractivity contribution in [1.82, 2.24) is 15.1 Å². The van der Waals surface area contributed by atoms with E-state index >= 15 is 0 Å². The first-order valence-corrected chi connectivity index (χ1v) is 6.48. The van der Waals surface area contributed by atoms with Gasteiger partial charge in [-0.05, 0) is 26.4 Å². The van der Waals surface area contributed by atoms with Gasteiger partial charge in [-0.1, -0.05) is 6.92 Å². The molecular formula is C12H26N4O2. The number of likely N-dealkylation sites (N-methyl/N-ethyl adjacent to an activating group) is 3. The summed E-state index contributed by atoms with van der Waals surface area (Å²) in [7, 11) is 1.76. The molecule has 0 heterocycles. The van der Waals surface area contributed by atoms with Gasteiger partial charge in [0.1, 0.15) is 0 Å². The lowest BCUT2D eigenvalue weighted by Crippen LogP contribution is -2.43. The van der Waals surface area contributed by atoms with Gasteiger partial charge in [-0.3, -0.25) is 14.5 Å². The average Bonchev–Trinajstić information content (AvgIpc) is 2.35. The predicted molar refractivity (Wildman–Crippen MR) is 72.1 cm³/mol. The lowest BCUT2D eigenvalue weighted by atomic mass is 10.3. The Morgan fingerprint density at radius 1 is 1.22 bits per heavy atom. The first kappa shape index (κ1) is 16.9. The highest BCUT2D eigenvalue weighted by Crippen LogP contribution is 1.93. The van der Waals surface area contributed by atoms with Gasteiger partial charge in [-0.25, -0.2) is 0 Å². The van der Waals surface area contributed by atoms with Crippen molar-refractivity contribution in [3.05, 3.63) is 0 Å². The topological polar surface area (TPSA) is 78.7 Å². The first-order chi connectivity index (χ1) is 8.54. The van der Waals surface area contributed by atoms with E-state index in [2.05, 4.69) is 5.32 Å². The third-order valence-corrected chi connectivity index (χ3v) is 2.67. The number of nitrogens with one attached hydrogen (secondary N) is 1. The zero-order chi connectivity index (χ0) is 14.0. The molecule has 2 amide bonds. The van der Waals surface area contributed by atoms with E-state index in [0.29, 0.717) is 26.2 Å². The minimum atomic E-state index is -0.0447. The number of amides is 2. The van der Waals surface area contributed by atoms with Crippen LogP contribution in [-0.2, 0) is 9.59 Å². The highest BCUT2D eigenvalue weighted by molar-refractivity contribution is 5.81.